The summed E-state index contributed by atoms with van der Waals surface area (Å²) in [5.41, 5.74) is 2.95. The topological polar surface area (TPSA) is 60.7 Å². The van der Waals surface area contributed by atoms with Crippen molar-refractivity contribution in [3.8, 4) is 5.75 Å². The second-order valence-corrected chi connectivity index (χ2v) is 8.35. The minimum atomic E-state index is -3.77. The second-order valence-electron chi connectivity index (χ2n) is 5.77. The van der Waals surface area contributed by atoms with Gasteiger partial charge in [0.1, 0.15) is 11.3 Å². The predicted octanol–water partition coefficient (Wildman–Crippen LogP) is 3.64. The molecule has 0 unspecified atom stereocenters. The molecule has 1 aromatic heterocycles. The number of aromatic nitrogens is 1. The molecule has 0 aliphatic rings. The van der Waals surface area contributed by atoms with Crippen LogP contribution in [0.25, 0.3) is 10.2 Å². The highest BCUT2D eigenvalue weighted by Crippen LogP contribution is 2.30. The maximum atomic E-state index is 12.7. The van der Waals surface area contributed by atoms with Crippen LogP contribution >= 0.6 is 11.3 Å². The molecule has 0 radical (unpaired) electrons. The van der Waals surface area contributed by atoms with Crippen molar-refractivity contribution in [3.63, 3.8) is 0 Å². The lowest BCUT2D eigenvalue weighted by Crippen LogP contribution is -2.16. The van der Waals surface area contributed by atoms with Gasteiger partial charge in [0.25, 0.3) is 10.0 Å². The number of methoxy groups -OCH3 is 1. The van der Waals surface area contributed by atoms with Gasteiger partial charge in [-0.15, -0.1) is 4.40 Å². The summed E-state index contributed by atoms with van der Waals surface area (Å²) in [6.45, 7) is 6.48. The van der Waals surface area contributed by atoms with Crippen molar-refractivity contribution < 1.29 is 13.2 Å². The number of rotatable bonds is 4. The molecule has 0 N–H and O–H groups in total. The van der Waals surface area contributed by atoms with E-state index in [2.05, 4.69) is 4.40 Å². The Labute approximate surface area is 151 Å². The minimum Gasteiger partial charge on any atom is -0.495 e. The molecule has 132 valence electrons. The predicted molar refractivity (Wildman–Crippen MR) is 101 cm³/mol. The van der Waals surface area contributed by atoms with Crippen molar-refractivity contribution in [2.24, 2.45) is 4.40 Å². The van der Waals surface area contributed by atoms with Gasteiger partial charge in [0.05, 0.1) is 16.7 Å². The first kappa shape index (κ1) is 17.7. The molecule has 0 bridgehead atoms. The Kier molecular flexibility index (Phi) is 4.71. The smallest absolute Gasteiger partial charge is 0.285 e. The molecule has 3 rings (SSSR count). The Bertz CT molecular complexity index is 1090. The number of thiazole rings is 1. The molecule has 0 atom stereocenters. The SMILES string of the molecule is CCn1/c(=N/S(=O)(=O)c2ccc(C)cc2)sc2c(C)ccc(OC)c21. The molecule has 0 aliphatic carbocycles. The maximum Gasteiger partial charge on any atom is 0.285 e. The number of ether oxygens (including phenoxy) is 1. The van der Waals surface area contributed by atoms with Crippen molar-refractivity contribution in [2.45, 2.75) is 32.2 Å². The summed E-state index contributed by atoms with van der Waals surface area (Å²) >= 11 is 1.37. The summed E-state index contributed by atoms with van der Waals surface area (Å²) in [5, 5.41) is 0. The summed E-state index contributed by atoms with van der Waals surface area (Å²) in [5.74, 6) is 0.716. The van der Waals surface area contributed by atoms with Crippen molar-refractivity contribution in [2.75, 3.05) is 7.11 Å². The zero-order chi connectivity index (χ0) is 18.2. The van der Waals surface area contributed by atoms with Gasteiger partial charge in [-0.05, 0) is 44.5 Å². The van der Waals surface area contributed by atoms with E-state index in [1.54, 1.807) is 31.4 Å². The minimum absolute atomic E-state index is 0.196. The van der Waals surface area contributed by atoms with Gasteiger partial charge >= 0.3 is 0 Å². The summed E-state index contributed by atoms with van der Waals surface area (Å²) < 4.78 is 37.8. The fourth-order valence-electron chi connectivity index (χ4n) is 2.67. The molecule has 3 aromatic rings. The van der Waals surface area contributed by atoms with Crippen molar-refractivity contribution in [1.82, 2.24) is 4.57 Å². The van der Waals surface area contributed by atoms with Gasteiger partial charge in [0, 0.05) is 6.54 Å². The Morgan fingerprint density at radius 2 is 1.80 bits per heavy atom. The standard InChI is InChI=1S/C18H20N2O3S2/c1-5-20-16-15(23-4)11-8-13(3)17(16)24-18(20)19-25(21,22)14-9-6-12(2)7-10-14/h6-11H,5H2,1-4H3/b19-18-. The van der Waals surface area contributed by atoms with E-state index >= 15 is 0 Å². The third-order valence-electron chi connectivity index (χ3n) is 4.04. The van der Waals surface area contributed by atoms with E-state index in [1.807, 2.05) is 37.5 Å². The lowest BCUT2D eigenvalue weighted by molar-refractivity contribution is 0.417. The van der Waals surface area contributed by atoms with Crippen LogP contribution in [0.4, 0.5) is 0 Å². The van der Waals surface area contributed by atoms with Crippen molar-refractivity contribution in [1.29, 1.82) is 0 Å². The van der Waals surface area contributed by atoms with Crippen LogP contribution in [-0.4, -0.2) is 20.1 Å². The van der Waals surface area contributed by atoms with Crippen LogP contribution < -0.4 is 9.54 Å². The molecule has 25 heavy (non-hydrogen) atoms. The Balaban J connectivity index is 2.30. The molecule has 0 fully saturated rings. The number of hydrogen-bond acceptors (Lipinski definition) is 4. The van der Waals surface area contributed by atoms with E-state index in [1.165, 1.54) is 11.3 Å². The molecule has 0 saturated heterocycles. The number of aryl methyl sites for hydroxylation is 3. The van der Waals surface area contributed by atoms with Crippen LogP contribution in [0.1, 0.15) is 18.1 Å². The van der Waals surface area contributed by atoms with E-state index in [-0.39, 0.29) is 4.90 Å². The first-order valence-corrected chi connectivity index (χ1v) is 10.2. The lowest BCUT2D eigenvalue weighted by Gasteiger charge is -2.07. The molecular weight excluding hydrogens is 356 g/mol. The fourth-order valence-corrected chi connectivity index (χ4v) is 5.05. The highest BCUT2D eigenvalue weighted by molar-refractivity contribution is 7.90. The molecule has 0 aliphatic heterocycles. The monoisotopic (exact) mass is 376 g/mol. The maximum absolute atomic E-state index is 12.7. The van der Waals surface area contributed by atoms with Gasteiger partial charge in [-0.1, -0.05) is 35.1 Å². The van der Waals surface area contributed by atoms with E-state index in [9.17, 15) is 8.42 Å². The number of fused-ring (bicyclic) bond motifs is 1. The normalized spacial score (nSPS) is 12.7. The molecule has 0 spiro atoms. The Morgan fingerprint density at radius 3 is 2.40 bits per heavy atom. The van der Waals surface area contributed by atoms with Crippen LogP contribution in [0.5, 0.6) is 5.75 Å². The van der Waals surface area contributed by atoms with Crippen LogP contribution in [0.2, 0.25) is 0 Å². The average Bonchev–Trinajstić information content (AvgIpc) is 2.94. The van der Waals surface area contributed by atoms with Crippen molar-refractivity contribution in [3.05, 3.63) is 52.3 Å². The lowest BCUT2D eigenvalue weighted by atomic mass is 10.2. The zero-order valence-electron chi connectivity index (χ0n) is 14.6. The molecule has 0 saturated carbocycles. The van der Waals surface area contributed by atoms with E-state index in [4.69, 9.17) is 4.74 Å². The molecular formula is C18H20N2O3S2. The largest absolute Gasteiger partial charge is 0.495 e. The molecule has 5 nitrogen and oxygen atoms in total. The number of sulfonamides is 1. The van der Waals surface area contributed by atoms with Crippen LogP contribution in [0.3, 0.4) is 0 Å². The molecule has 0 amide bonds. The third kappa shape index (κ3) is 3.21. The number of benzene rings is 2. The second kappa shape index (κ2) is 6.65. The van der Waals surface area contributed by atoms with Gasteiger partial charge in [0.2, 0.25) is 4.80 Å². The van der Waals surface area contributed by atoms with Gasteiger partial charge < -0.3 is 9.30 Å². The van der Waals surface area contributed by atoms with E-state index < -0.39 is 10.0 Å². The highest BCUT2D eigenvalue weighted by Gasteiger charge is 2.17. The first-order chi connectivity index (χ1) is 11.9. The van der Waals surface area contributed by atoms with E-state index in [0.29, 0.717) is 17.1 Å². The first-order valence-electron chi connectivity index (χ1n) is 7.92. The van der Waals surface area contributed by atoms with Crippen LogP contribution in [-0.2, 0) is 16.6 Å². The fraction of sp³-hybridized carbons (Fsp3) is 0.278. The molecule has 7 heteroatoms. The zero-order valence-corrected chi connectivity index (χ0v) is 16.2. The average molecular weight is 377 g/mol. The summed E-state index contributed by atoms with van der Waals surface area (Å²) in [7, 11) is -2.16. The summed E-state index contributed by atoms with van der Waals surface area (Å²) in [4.78, 5) is 0.646. The Hall–Kier alpha value is -2.12. The Morgan fingerprint density at radius 1 is 1.12 bits per heavy atom. The van der Waals surface area contributed by atoms with Crippen LogP contribution in [0, 0.1) is 13.8 Å². The molecule has 2 aromatic carbocycles. The molecule has 1 heterocycles. The summed E-state index contributed by atoms with van der Waals surface area (Å²) in [6.07, 6.45) is 0. The van der Waals surface area contributed by atoms with Gasteiger partial charge in [-0.3, -0.25) is 0 Å². The van der Waals surface area contributed by atoms with Crippen molar-refractivity contribution >= 4 is 31.6 Å². The van der Waals surface area contributed by atoms with Gasteiger partial charge in [0.15, 0.2) is 0 Å². The number of nitrogens with zero attached hydrogens (tertiary/aromatic N) is 2. The third-order valence-corrected chi connectivity index (χ3v) is 6.65. The highest BCUT2D eigenvalue weighted by atomic mass is 32.2. The van der Waals surface area contributed by atoms with Gasteiger partial charge in [-0.2, -0.15) is 8.42 Å². The van der Waals surface area contributed by atoms with Gasteiger partial charge in [-0.25, -0.2) is 0 Å². The quantitative estimate of drug-likeness (QED) is 0.698. The number of hydrogen-bond donors (Lipinski definition) is 0. The van der Waals surface area contributed by atoms with Crippen LogP contribution in [0.15, 0.2) is 45.7 Å². The summed E-state index contributed by atoms with van der Waals surface area (Å²) in [6, 6.07) is 10.6. The van der Waals surface area contributed by atoms with E-state index in [0.717, 1.165) is 21.3 Å².